The highest BCUT2D eigenvalue weighted by molar-refractivity contribution is 6.01. The molecule has 0 bridgehead atoms. The maximum atomic E-state index is 12.4. The third-order valence-electron chi connectivity index (χ3n) is 7.07. The minimum atomic E-state index is -0.768. The Morgan fingerprint density at radius 3 is 2.71 bits per heavy atom. The summed E-state index contributed by atoms with van der Waals surface area (Å²) < 4.78 is 5.88. The summed E-state index contributed by atoms with van der Waals surface area (Å²) in [7, 11) is 0. The van der Waals surface area contributed by atoms with Crippen molar-refractivity contribution in [2.45, 2.75) is 58.0 Å². The van der Waals surface area contributed by atoms with Crippen LogP contribution in [0.15, 0.2) is 23.8 Å². The van der Waals surface area contributed by atoms with Gasteiger partial charge in [0.05, 0.1) is 0 Å². The lowest BCUT2D eigenvalue weighted by atomic mass is 9.51. The summed E-state index contributed by atoms with van der Waals surface area (Å²) in [5.74, 6) is 1.01. The highest BCUT2D eigenvalue weighted by Crippen LogP contribution is 2.61. The Kier molecular flexibility index (Phi) is 3.38. The molecule has 3 fully saturated rings. The summed E-state index contributed by atoms with van der Waals surface area (Å²) in [6.07, 6.45) is 10.1. The van der Waals surface area contributed by atoms with Crippen LogP contribution in [0.25, 0.3) is 0 Å². The number of ether oxygens (including phenoxy) is 1. The number of ketones is 2. The van der Waals surface area contributed by atoms with Crippen LogP contribution in [0.3, 0.4) is 0 Å². The van der Waals surface area contributed by atoms with E-state index in [2.05, 4.69) is 6.92 Å². The smallest absolute Gasteiger partial charge is 0.303 e. The van der Waals surface area contributed by atoms with Gasteiger partial charge in [0.2, 0.25) is 0 Å². The Labute approximate surface area is 142 Å². The number of Topliss-reactive ketones (excluding diaryl/α,β-unsaturated/α-hetero) is 1. The second-order valence-corrected chi connectivity index (χ2v) is 8.13. The number of esters is 1. The average Bonchev–Trinajstić information content (AvgIpc) is 2.83. The normalized spacial score (nSPS) is 43.6. The highest BCUT2D eigenvalue weighted by atomic mass is 16.6. The highest BCUT2D eigenvalue weighted by Gasteiger charge is 2.60. The van der Waals surface area contributed by atoms with Gasteiger partial charge in [0.25, 0.3) is 0 Å². The Bertz CT molecular complexity index is 688. The van der Waals surface area contributed by atoms with E-state index in [4.69, 9.17) is 4.74 Å². The first kappa shape index (κ1) is 15.8. The molecule has 0 aliphatic heterocycles. The van der Waals surface area contributed by atoms with Crippen LogP contribution in [-0.2, 0) is 19.1 Å². The van der Waals surface area contributed by atoms with Gasteiger partial charge >= 0.3 is 5.97 Å². The van der Waals surface area contributed by atoms with Crippen molar-refractivity contribution in [3.63, 3.8) is 0 Å². The van der Waals surface area contributed by atoms with Gasteiger partial charge in [-0.1, -0.05) is 6.92 Å². The molecule has 0 spiro atoms. The van der Waals surface area contributed by atoms with Gasteiger partial charge in [-0.3, -0.25) is 14.4 Å². The third-order valence-corrected chi connectivity index (χ3v) is 7.07. The van der Waals surface area contributed by atoms with Crippen molar-refractivity contribution in [1.29, 1.82) is 0 Å². The molecule has 128 valence electrons. The lowest BCUT2D eigenvalue weighted by Crippen LogP contribution is -2.55. The zero-order valence-electron chi connectivity index (χ0n) is 14.3. The van der Waals surface area contributed by atoms with E-state index in [1.807, 2.05) is 6.08 Å². The molecule has 4 heteroatoms. The lowest BCUT2D eigenvalue weighted by Gasteiger charge is -2.55. The van der Waals surface area contributed by atoms with Crippen molar-refractivity contribution in [3.8, 4) is 0 Å². The second-order valence-electron chi connectivity index (χ2n) is 8.13. The lowest BCUT2D eigenvalue weighted by molar-refractivity contribution is -0.164. The van der Waals surface area contributed by atoms with Crippen LogP contribution >= 0.6 is 0 Å². The number of allylic oxidation sites excluding steroid dienone is 2. The predicted molar refractivity (Wildman–Crippen MR) is 88.0 cm³/mol. The minimum Gasteiger partial charge on any atom is -0.450 e. The summed E-state index contributed by atoms with van der Waals surface area (Å²) in [5.41, 5.74) is -0.0248. The molecule has 0 radical (unpaired) electrons. The molecule has 0 unspecified atom stereocenters. The van der Waals surface area contributed by atoms with Crippen molar-refractivity contribution in [2.24, 2.45) is 23.2 Å². The SMILES string of the molecule is CC(=O)O[C@]12C=CC(=O)C=C1CC[C@H]1[C@@H]3CCC(=O)[C@@]3(C)CC[C@@H]12. The molecule has 4 aliphatic rings. The molecule has 0 aromatic rings. The standard InChI is InChI=1S/C20H24O4/c1-12(21)24-20-10-7-14(22)11-13(20)3-4-15-16-5-6-18(23)19(16,2)9-8-17(15)20/h7,10-11,15-17H,3-6,8-9H2,1-2H3/t15-,16-,17-,19-,20+/m0/s1. The molecular formula is C20H24O4. The largest absolute Gasteiger partial charge is 0.450 e. The topological polar surface area (TPSA) is 60.4 Å². The number of hydrogen-bond acceptors (Lipinski definition) is 4. The van der Waals surface area contributed by atoms with Crippen molar-refractivity contribution < 1.29 is 19.1 Å². The summed E-state index contributed by atoms with van der Waals surface area (Å²) in [5, 5.41) is 0. The molecule has 0 saturated heterocycles. The molecule has 4 nitrogen and oxygen atoms in total. The Balaban J connectivity index is 1.76. The van der Waals surface area contributed by atoms with Crippen molar-refractivity contribution in [2.75, 3.05) is 0 Å². The first-order valence-corrected chi connectivity index (χ1v) is 9.04. The minimum absolute atomic E-state index is 0.0251. The van der Waals surface area contributed by atoms with Crippen LogP contribution in [0, 0.1) is 23.2 Å². The quantitative estimate of drug-likeness (QED) is 0.694. The molecule has 0 heterocycles. The first-order valence-electron chi connectivity index (χ1n) is 9.04. The molecule has 0 amide bonds. The maximum absolute atomic E-state index is 12.4. The fourth-order valence-electron chi connectivity index (χ4n) is 6.00. The van der Waals surface area contributed by atoms with E-state index < -0.39 is 5.60 Å². The van der Waals surface area contributed by atoms with Gasteiger partial charge < -0.3 is 4.74 Å². The molecule has 0 aromatic carbocycles. The van der Waals surface area contributed by atoms with E-state index in [9.17, 15) is 14.4 Å². The number of rotatable bonds is 1. The maximum Gasteiger partial charge on any atom is 0.303 e. The van der Waals surface area contributed by atoms with Gasteiger partial charge in [-0.25, -0.2) is 0 Å². The van der Waals surface area contributed by atoms with E-state index in [1.54, 1.807) is 12.2 Å². The van der Waals surface area contributed by atoms with Gasteiger partial charge in [0.1, 0.15) is 5.78 Å². The number of hydrogen-bond donors (Lipinski definition) is 0. The van der Waals surface area contributed by atoms with Gasteiger partial charge in [-0.2, -0.15) is 0 Å². The molecular weight excluding hydrogens is 304 g/mol. The third kappa shape index (κ3) is 2.01. The Hall–Kier alpha value is -1.71. The molecule has 3 saturated carbocycles. The van der Waals surface area contributed by atoms with E-state index in [0.717, 1.165) is 37.7 Å². The van der Waals surface area contributed by atoms with Crippen LogP contribution in [0.2, 0.25) is 0 Å². The zero-order chi connectivity index (χ0) is 17.1. The van der Waals surface area contributed by atoms with Gasteiger partial charge in [-0.15, -0.1) is 0 Å². The number of carbonyl (C=O) groups is 3. The van der Waals surface area contributed by atoms with Gasteiger partial charge in [-0.05, 0) is 67.7 Å². The van der Waals surface area contributed by atoms with Crippen LogP contribution in [0.4, 0.5) is 0 Å². The predicted octanol–water partition coefficient (Wildman–Crippen LogP) is 3.16. The molecule has 0 N–H and O–H groups in total. The van der Waals surface area contributed by atoms with Crippen molar-refractivity contribution >= 4 is 17.5 Å². The number of carbonyl (C=O) groups excluding carboxylic acids is 3. The summed E-state index contributed by atoms with van der Waals surface area (Å²) in [6, 6.07) is 0. The molecule has 0 aromatic heterocycles. The van der Waals surface area contributed by atoms with E-state index in [0.29, 0.717) is 24.0 Å². The monoisotopic (exact) mass is 328 g/mol. The van der Waals surface area contributed by atoms with E-state index in [1.165, 1.54) is 6.92 Å². The fourth-order valence-corrected chi connectivity index (χ4v) is 6.00. The molecule has 5 atom stereocenters. The van der Waals surface area contributed by atoms with E-state index in [-0.39, 0.29) is 23.1 Å². The average molecular weight is 328 g/mol. The van der Waals surface area contributed by atoms with Gasteiger partial charge in [0, 0.05) is 24.7 Å². The fraction of sp³-hybridized carbons (Fsp3) is 0.650. The van der Waals surface area contributed by atoms with Crippen LogP contribution in [0.1, 0.15) is 52.4 Å². The Morgan fingerprint density at radius 2 is 1.96 bits per heavy atom. The first-order chi connectivity index (χ1) is 11.4. The zero-order valence-corrected chi connectivity index (χ0v) is 14.3. The number of fused-ring (bicyclic) bond motifs is 5. The van der Waals surface area contributed by atoms with Gasteiger partial charge in [0.15, 0.2) is 11.4 Å². The second kappa shape index (κ2) is 5.14. The summed E-state index contributed by atoms with van der Waals surface area (Å²) in [6.45, 7) is 3.57. The molecule has 24 heavy (non-hydrogen) atoms. The molecule has 4 rings (SSSR count). The van der Waals surface area contributed by atoms with Crippen LogP contribution < -0.4 is 0 Å². The summed E-state index contributed by atoms with van der Waals surface area (Å²) >= 11 is 0. The van der Waals surface area contributed by atoms with E-state index >= 15 is 0 Å². The Morgan fingerprint density at radius 1 is 1.17 bits per heavy atom. The van der Waals surface area contributed by atoms with Crippen LogP contribution in [0.5, 0.6) is 0 Å². The van der Waals surface area contributed by atoms with Crippen LogP contribution in [-0.4, -0.2) is 23.1 Å². The van der Waals surface area contributed by atoms with Crippen molar-refractivity contribution in [1.82, 2.24) is 0 Å². The summed E-state index contributed by atoms with van der Waals surface area (Å²) in [4.78, 5) is 36.1. The molecule has 4 aliphatic carbocycles. The van der Waals surface area contributed by atoms with Crippen molar-refractivity contribution in [3.05, 3.63) is 23.8 Å².